The van der Waals surface area contributed by atoms with Crippen LogP contribution in [0, 0.1) is 11.8 Å². The molecule has 6 nitrogen and oxygen atoms in total. The van der Waals surface area contributed by atoms with E-state index < -0.39 is 29.7 Å². The molecule has 0 aliphatic carbocycles. The number of nitrogens with zero attached hydrogens (tertiary/aromatic N) is 2. The van der Waals surface area contributed by atoms with E-state index in [0.29, 0.717) is 23.2 Å². The Morgan fingerprint density at radius 1 is 1.40 bits per heavy atom. The molecule has 1 fully saturated rings. The van der Waals surface area contributed by atoms with Crippen molar-refractivity contribution in [2.75, 3.05) is 13.2 Å². The number of carbonyl (C=O) groups is 1. The van der Waals surface area contributed by atoms with Crippen molar-refractivity contribution in [1.29, 1.82) is 0 Å². The second-order valence-corrected chi connectivity index (χ2v) is 8.20. The molecule has 1 aliphatic rings. The smallest absolute Gasteiger partial charge is 0.323 e. The Balaban J connectivity index is 1.88. The number of carbonyl (C=O) groups excluding carboxylic acids is 1. The first-order chi connectivity index (χ1) is 14.1. The van der Waals surface area contributed by atoms with E-state index in [1.807, 2.05) is 13.8 Å². The second kappa shape index (κ2) is 8.81. The minimum atomic E-state index is -3.44. The van der Waals surface area contributed by atoms with Crippen molar-refractivity contribution in [2.45, 2.75) is 38.8 Å². The monoisotopic (exact) mass is 439 g/mol. The summed E-state index contributed by atoms with van der Waals surface area (Å²) in [4.78, 5) is 20.6. The lowest BCUT2D eigenvalue weighted by Gasteiger charge is -2.22. The molecule has 30 heavy (non-hydrogen) atoms. The molecule has 0 bridgehead atoms. The third-order valence-electron chi connectivity index (χ3n) is 4.89. The zero-order valence-electron chi connectivity index (χ0n) is 17.0. The van der Waals surface area contributed by atoms with E-state index in [-0.39, 0.29) is 29.8 Å². The standard InChI is InChI=1S/C21H24ClF2N3O3/c1-5-21(23,24)18-19(27-15-8-13(22)6-7-14(15)26-18)30-16-9-25-17(12(16)4)20(28)29-10-11(2)3/h5-8,11-12,16-17,25H,1,9-10H2,2-4H3. The number of hydrogen-bond donors (Lipinski definition) is 1. The van der Waals surface area contributed by atoms with E-state index in [2.05, 4.69) is 21.9 Å². The number of aromatic nitrogens is 2. The highest BCUT2D eigenvalue weighted by atomic mass is 35.5. The van der Waals surface area contributed by atoms with Crippen LogP contribution in [0.3, 0.4) is 0 Å². The van der Waals surface area contributed by atoms with Crippen LogP contribution in [0.4, 0.5) is 8.78 Å². The Morgan fingerprint density at radius 2 is 2.13 bits per heavy atom. The van der Waals surface area contributed by atoms with E-state index >= 15 is 0 Å². The minimum Gasteiger partial charge on any atom is -0.471 e. The molecule has 1 N–H and O–H groups in total. The van der Waals surface area contributed by atoms with Crippen LogP contribution in [0.2, 0.25) is 5.02 Å². The van der Waals surface area contributed by atoms with Gasteiger partial charge in [0.25, 0.3) is 0 Å². The van der Waals surface area contributed by atoms with E-state index in [1.54, 1.807) is 13.0 Å². The van der Waals surface area contributed by atoms with Crippen molar-refractivity contribution < 1.29 is 23.0 Å². The van der Waals surface area contributed by atoms with Gasteiger partial charge >= 0.3 is 11.9 Å². The van der Waals surface area contributed by atoms with Gasteiger partial charge in [0, 0.05) is 17.5 Å². The summed E-state index contributed by atoms with van der Waals surface area (Å²) in [7, 11) is 0. The summed E-state index contributed by atoms with van der Waals surface area (Å²) in [6, 6.07) is 3.98. The quantitative estimate of drug-likeness (QED) is 0.517. The fourth-order valence-electron chi connectivity index (χ4n) is 3.17. The maximum atomic E-state index is 14.5. The van der Waals surface area contributed by atoms with Crippen molar-refractivity contribution in [1.82, 2.24) is 15.3 Å². The average Bonchev–Trinajstić information content (AvgIpc) is 3.05. The van der Waals surface area contributed by atoms with Gasteiger partial charge < -0.3 is 14.8 Å². The topological polar surface area (TPSA) is 73.3 Å². The maximum Gasteiger partial charge on any atom is 0.323 e. The minimum absolute atomic E-state index is 0.209. The van der Waals surface area contributed by atoms with Gasteiger partial charge in [0.05, 0.1) is 17.6 Å². The highest BCUT2D eigenvalue weighted by Crippen LogP contribution is 2.36. The number of benzene rings is 1. The number of alkyl halides is 2. The Kier molecular flexibility index (Phi) is 6.57. The van der Waals surface area contributed by atoms with E-state index in [4.69, 9.17) is 21.1 Å². The van der Waals surface area contributed by atoms with E-state index in [9.17, 15) is 13.6 Å². The summed E-state index contributed by atoms with van der Waals surface area (Å²) >= 11 is 5.99. The van der Waals surface area contributed by atoms with Crippen LogP contribution in [-0.4, -0.2) is 41.2 Å². The third-order valence-corrected chi connectivity index (χ3v) is 5.13. The van der Waals surface area contributed by atoms with Crippen LogP contribution in [0.25, 0.3) is 11.0 Å². The summed E-state index contributed by atoms with van der Waals surface area (Å²) in [6.45, 7) is 9.45. The molecule has 0 saturated carbocycles. The van der Waals surface area contributed by atoms with E-state index in [0.717, 1.165) is 0 Å². The molecule has 3 unspecified atom stereocenters. The van der Waals surface area contributed by atoms with Gasteiger partial charge in [-0.3, -0.25) is 4.79 Å². The molecule has 1 aromatic carbocycles. The summed E-state index contributed by atoms with van der Waals surface area (Å²) in [5, 5.41) is 3.44. The van der Waals surface area contributed by atoms with Crippen molar-refractivity contribution in [2.24, 2.45) is 11.8 Å². The molecule has 0 amide bonds. The molecule has 2 aromatic rings. The molecule has 162 valence electrons. The molecular weight excluding hydrogens is 416 g/mol. The van der Waals surface area contributed by atoms with Crippen LogP contribution in [-0.2, 0) is 15.5 Å². The van der Waals surface area contributed by atoms with Crippen LogP contribution < -0.4 is 10.1 Å². The molecule has 0 spiro atoms. The van der Waals surface area contributed by atoms with Crippen LogP contribution in [0.15, 0.2) is 30.9 Å². The van der Waals surface area contributed by atoms with Crippen LogP contribution in [0.1, 0.15) is 26.5 Å². The summed E-state index contributed by atoms with van der Waals surface area (Å²) < 4.78 is 40.1. The van der Waals surface area contributed by atoms with Crippen molar-refractivity contribution in [3.8, 4) is 5.88 Å². The maximum absolute atomic E-state index is 14.5. The number of halogens is 3. The number of hydrogen-bond acceptors (Lipinski definition) is 6. The number of rotatable bonds is 7. The largest absolute Gasteiger partial charge is 0.471 e. The fraction of sp³-hybridized carbons (Fsp3) is 0.476. The summed E-state index contributed by atoms with van der Waals surface area (Å²) in [5.41, 5.74) is -0.0472. The van der Waals surface area contributed by atoms with Crippen molar-refractivity contribution in [3.63, 3.8) is 0 Å². The van der Waals surface area contributed by atoms with Crippen LogP contribution in [0.5, 0.6) is 5.88 Å². The number of fused-ring (bicyclic) bond motifs is 1. The molecule has 0 radical (unpaired) electrons. The van der Waals surface area contributed by atoms with Gasteiger partial charge in [-0.2, -0.15) is 8.78 Å². The molecule has 3 atom stereocenters. The Morgan fingerprint density at radius 3 is 2.80 bits per heavy atom. The molecule has 1 aliphatic heterocycles. The Labute approximate surface area is 178 Å². The lowest BCUT2D eigenvalue weighted by molar-refractivity contribution is -0.148. The zero-order valence-corrected chi connectivity index (χ0v) is 17.7. The number of nitrogens with one attached hydrogen (secondary N) is 1. The first kappa shape index (κ1) is 22.4. The third kappa shape index (κ3) is 4.70. The first-order valence-electron chi connectivity index (χ1n) is 9.68. The Bertz CT molecular complexity index is 954. The number of ether oxygens (including phenoxy) is 2. The molecule has 1 saturated heterocycles. The zero-order chi connectivity index (χ0) is 22.1. The fourth-order valence-corrected chi connectivity index (χ4v) is 3.33. The normalized spacial score (nSPS) is 21.8. The molecule has 1 aromatic heterocycles. The van der Waals surface area contributed by atoms with Crippen molar-refractivity contribution >= 4 is 28.6 Å². The predicted molar refractivity (Wildman–Crippen MR) is 110 cm³/mol. The molecular formula is C21H24ClF2N3O3. The Hall–Kier alpha value is -2.32. The van der Waals surface area contributed by atoms with Crippen LogP contribution >= 0.6 is 11.6 Å². The lowest BCUT2D eigenvalue weighted by atomic mass is 10.0. The van der Waals surface area contributed by atoms with Gasteiger partial charge in [0.2, 0.25) is 5.88 Å². The predicted octanol–water partition coefficient (Wildman–Crippen LogP) is 4.12. The lowest BCUT2D eigenvalue weighted by Crippen LogP contribution is -2.37. The highest BCUT2D eigenvalue weighted by molar-refractivity contribution is 6.31. The van der Waals surface area contributed by atoms with Gasteiger partial charge in [-0.15, -0.1) is 0 Å². The van der Waals surface area contributed by atoms with Gasteiger partial charge in [0.1, 0.15) is 12.1 Å². The van der Waals surface area contributed by atoms with E-state index in [1.165, 1.54) is 12.1 Å². The number of allylic oxidation sites excluding steroid dienone is 1. The van der Waals surface area contributed by atoms with Crippen molar-refractivity contribution in [3.05, 3.63) is 41.6 Å². The van der Waals surface area contributed by atoms with Gasteiger partial charge in [-0.1, -0.05) is 39.0 Å². The SMILES string of the molecule is C=CC(F)(F)c1nc2ccc(Cl)cc2nc1OC1CNC(C(=O)OCC(C)C)C1C. The molecule has 2 heterocycles. The molecule has 3 rings (SSSR count). The summed E-state index contributed by atoms with van der Waals surface area (Å²) in [5.74, 6) is -4.27. The number of esters is 1. The average molecular weight is 440 g/mol. The highest BCUT2D eigenvalue weighted by Gasteiger charge is 2.42. The van der Waals surface area contributed by atoms with Gasteiger partial charge in [0.15, 0.2) is 5.69 Å². The van der Waals surface area contributed by atoms with Gasteiger partial charge in [-0.25, -0.2) is 9.97 Å². The second-order valence-electron chi connectivity index (χ2n) is 7.76. The van der Waals surface area contributed by atoms with Gasteiger partial charge in [-0.05, 0) is 30.2 Å². The molecule has 9 heteroatoms. The first-order valence-corrected chi connectivity index (χ1v) is 10.1. The summed E-state index contributed by atoms with van der Waals surface area (Å²) in [6.07, 6.45) is -0.0829.